The zero-order valence-electron chi connectivity index (χ0n) is 16.8. The summed E-state index contributed by atoms with van der Waals surface area (Å²) in [5, 5.41) is 6.60. The second-order valence-corrected chi connectivity index (χ2v) is 9.50. The molecule has 0 atom stereocenters. The fourth-order valence-corrected chi connectivity index (χ4v) is 4.94. The summed E-state index contributed by atoms with van der Waals surface area (Å²) in [6.07, 6.45) is 6.34. The van der Waals surface area contributed by atoms with Crippen molar-refractivity contribution in [2.45, 2.75) is 44.0 Å². The quantitative estimate of drug-likeness (QED) is 0.206. The van der Waals surface area contributed by atoms with Gasteiger partial charge in [0.1, 0.15) is 0 Å². The van der Waals surface area contributed by atoms with E-state index >= 15 is 0 Å². The molecule has 1 fully saturated rings. The van der Waals surface area contributed by atoms with Crippen LogP contribution in [0.3, 0.4) is 0 Å². The summed E-state index contributed by atoms with van der Waals surface area (Å²) in [4.78, 5) is 4.97. The van der Waals surface area contributed by atoms with Gasteiger partial charge >= 0.3 is 0 Å². The number of thioether (sulfide) groups is 1. The topological polar surface area (TPSA) is 73.8 Å². The first kappa shape index (κ1) is 25.5. The number of nitrogens with zero attached hydrogens (tertiary/aromatic N) is 2. The van der Waals surface area contributed by atoms with Crippen molar-refractivity contribution in [2.75, 3.05) is 38.2 Å². The Morgan fingerprint density at radius 3 is 2.43 bits per heavy atom. The van der Waals surface area contributed by atoms with Crippen LogP contribution in [0, 0.1) is 0 Å². The van der Waals surface area contributed by atoms with Gasteiger partial charge in [0.2, 0.25) is 10.0 Å². The molecular weight excluding hydrogens is 507 g/mol. The third kappa shape index (κ3) is 8.08. The molecule has 1 heterocycles. The van der Waals surface area contributed by atoms with Crippen LogP contribution in [-0.4, -0.2) is 56.9 Å². The molecule has 1 aliphatic heterocycles. The zero-order chi connectivity index (χ0) is 19.5. The highest BCUT2D eigenvalue weighted by Crippen LogP contribution is 2.21. The molecule has 28 heavy (non-hydrogen) atoms. The number of aliphatic imine (C=N–C) groups is 1. The maximum absolute atomic E-state index is 12.6. The van der Waals surface area contributed by atoms with Crippen LogP contribution in [0.2, 0.25) is 0 Å². The van der Waals surface area contributed by atoms with Crippen molar-refractivity contribution in [1.82, 2.24) is 14.9 Å². The van der Waals surface area contributed by atoms with Crippen LogP contribution in [-0.2, 0) is 16.6 Å². The summed E-state index contributed by atoms with van der Waals surface area (Å²) in [5.74, 6) is 1.98. The molecule has 1 saturated heterocycles. The van der Waals surface area contributed by atoms with Gasteiger partial charge in [-0.15, -0.1) is 24.0 Å². The molecule has 0 radical (unpaired) electrons. The molecule has 0 spiro atoms. The van der Waals surface area contributed by atoms with Crippen LogP contribution in [0.15, 0.2) is 34.2 Å². The molecule has 160 valence electrons. The van der Waals surface area contributed by atoms with E-state index in [0.29, 0.717) is 24.5 Å². The number of sulfonamides is 1. The van der Waals surface area contributed by atoms with Crippen molar-refractivity contribution < 1.29 is 8.42 Å². The molecule has 1 aliphatic rings. The van der Waals surface area contributed by atoms with Crippen molar-refractivity contribution in [3.63, 3.8) is 0 Å². The Hall–Kier alpha value is -0.520. The number of nitrogens with one attached hydrogen (secondary N) is 2. The highest BCUT2D eigenvalue weighted by Gasteiger charge is 2.26. The van der Waals surface area contributed by atoms with Crippen LogP contribution in [0.25, 0.3) is 0 Å². The molecule has 0 bridgehead atoms. The summed E-state index contributed by atoms with van der Waals surface area (Å²) in [7, 11) is -3.34. The first-order chi connectivity index (χ1) is 13.1. The smallest absolute Gasteiger partial charge is 0.243 e. The molecule has 6 nitrogen and oxygen atoms in total. The van der Waals surface area contributed by atoms with Gasteiger partial charge in [-0.05, 0) is 62.3 Å². The van der Waals surface area contributed by atoms with Crippen LogP contribution in [0.1, 0.15) is 38.2 Å². The average Bonchev–Trinajstić information content (AvgIpc) is 3.22. The first-order valence-electron chi connectivity index (χ1n) is 9.68. The molecule has 1 aromatic carbocycles. The number of rotatable bonds is 10. The molecule has 9 heteroatoms. The molecule has 0 aliphatic carbocycles. The lowest BCUT2D eigenvalue weighted by Crippen LogP contribution is -2.37. The molecule has 1 aromatic rings. The van der Waals surface area contributed by atoms with Gasteiger partial charge in [0.15, 0.2) is 5.96 Å². The number of hydrogen-bond acceptors (Lipinski definition) is 4. The van der Waals surface area contributed by atoms with Gasteiger partial charge in [-0.2, -0.15) is 16.1 Å². The fraction of sp³-hybridized carbons (Fsp3) is 0.632. The summed E-state index contributed by atoms with van der Waals surface area (Å²) in [6, 6.07) is 7.10. The molecular formula is C19H33IN4O2S2. The summed E-state index contributed by atoms with van der Waals surface area (Å²) in [5.41, 5.74) is 0.995. The monoisotopic (exact) mass is 540 g/mol. The Bertz CT molecular complexity index is 690. The number of unbranched alkanes of at least 4 members (excludes halogenated alkanes) is 1. The summed E-state index contributed by atoms with van der Waals surface area (Å²) in [6.45, 7) is 5.53. The minimum absolute atomic E-state index is 0. The largest absolute Gasteiger partial charge is 0.357 e. The zero-order valence-corrected chi connectivity index (χ0v) is 20.8. The summed E-state index contributed by atoms with van der Waals surface area (Å²) < 4.78 is 26.7. The average molecular weight is 541 g/mol. The Morgan fingerprint density at radius 1 is 1.14 bits per heavy atom. The lowest BCUT2D eigenvalue weighted by Gasteiger charge is -2.15. The number of benzene rings is 1. The standard InChI is InChI=1S/C19H32N4O2S2.HI/c1-3-20-19(21-12-4-7-15-26-2)22-16-17-8-10-18(11-9-17)27(24,25)23-13-5-6-14-23;/h8-11H,3-7,12-16H2,1-2H3,(H2,20,21,22);1H. The van der Waals surface area contributed by atoms with Crippen LogP contribution in [0.4, 0.5) is 0 Å². The Kier molecular flexibility index (Phi) is 12.4. The minimum atomic E-state index is -3.34. The Balaban J connectivity index is 0.00000392. The molecule has 0 saturated carbocycles. The first-order valence-corrected chi connectivity index (χ1v) is 12.5. The molecule has 0 unspecified atom stereocenters. The lowest BCUT2D eigenvalue weighted by molar-refractivity contribution is 0.477. The van der Waals surface area contributed by atoms with Crippen LogP contribution >= 0.6 is 35.7 Å². The highest BCUT2D eigenvalue weighted by molar-refractivity contribution is 14.0. The predicted molar refractivity (Wildman–Crippen MR) is 130 cm³/mol. The van der Waals surface area contributed by atoms with E-state index in [0.717, 1.165) is 43.9 Å². The van der Waals surface area contributed by atoms with Crippen molar-refractivity contribution in [1.29, 1.82) is 0 Å². The van der Waals surface area contributed by atoms with Gasteiger partial charge < -0.3 is 10.6 Å². The van der Waals surface area contributed by atoms with E-state index in [1.807, 2.05) is 30.8 Å². The van der Waals surface area contributed by atoms with Crippen molar-refractivity contribution in [3.05, 3.63) is 29.8 Å². The van der Waals surface area contributed by atoms with E-state index in [4.69, 9.17) is 0 Å². The predicted octanol–water partition coefficient (Wildman–Crippen LogP) is 3.29. The minimum Gasteiger partial charge on any atom is -0.357 e. The van der Waals surface area contributed by atoms with Gasteiger partial charge in [0.05, 0.1) is 11.4 Å². The van der Waals surface area contributed by atoms with Gasteiger partial charge in [-0.3, -0.25) is 0 Å². The number of hydrogen-bond donors (Lipinski definition) is 2. The van der Waals surface area contributed by atoms with Gasteiger partial charge in [0, 0.05) is 26.2 Å². The molecule has 0 amide bonds. The maximum atomic E-state index is 12.6. The molecule has 2 N–H and O–H groups in total. The fourth-order valence-electron chi connectivity index (χ4n) is 2.93. The Labute approximate surface area is 191 Å². The van der Waals surface area contributed by atoms with E-state index in [1.54, 1.807) is 16.4 Å². The maximum Gasteiger partial charge on any atom is 0.243 e. The van der Waals surface area contributed by atoms with E-state index in [9.17, 15) is 8.42 Å². The third-order valence-electron chi connectivity index (χ3n) is 4.46. The second-order valence-electron chi connectivity index (χ2n) is 6.58. The van der Waals surface area contributed by atoms with Gasteiger partial charge in [0.25, 0.3) is 0 Å². The normalized spacial score (nSPS) is 15.3. The van der Waals surface area contributed by atoms with E-state index < -0.39 is 10.0 Å². The van der Waals surface area contributed by atoms with E-state index in [2.05, 4.69) is 21.9 Å². The van der Waals surface area contributed by atoms with Crippen molar-refractivity contribution >= 4 is 51.7 Å². The van der Waals surface area contributed by atoms with Crippen LogP contribution < -0.4 is 10.6 Å². The van der Waals surface area contributed by atoms with Gasteiger partial charge in [-0.1, -0.05) is 12.1 Å². The number of guanidine groups is 1. The highest BCUT2D eigenvalue weighted by atomic mass is 127. The molecule has 2 rings (SSSR count). The second kappa shape index (κ2) is 13.7. The van der Waals surface area contributed by atoms with E-state index in [-0.39, 0.29) is 24.0 Å². The van der Waals surface area contributed by atoms with Crippen molar-refractivity contribution in [3.8, 4) is 0 Å². The SMILES string of the molecule is CCNC(=NCc1ccc(S(=O)(=O)N2CCCC2)cc1)NCCCCSC.I. The Morgan fingerprint density at radius 2 is 1.82 bits per heavy atom. The van der Waals surface area contributed by atoms with Crippen LogP contribution in [0.5, 0.6) is 0 Å². The number of halogens is 1. The van der Waals surface area contributed by atoms with Crippen molar-refractivity contribution in [2.24, 2.45) is 4.99 Å². The lowest BCUT2D eigenvalue weighted by atomic mass is 10.2. The van der Waals surface area contributed by atoms with Gasteiger partial charge in [-0.25, -0.2) is 13.4 Å². The molecule has 0 aromatic heterocycles. The van der Waals surface area contributed by atoms with E-state index in [1.165, 1.54) is 12.2 Å². The third-order valence-corrected chi connectivity index (χ3v) is 7.07. The summed E-state index contributed by atoms with van der Waals surface area (Å²) >= 11 is 1.87.